The lowest BCUT2D eigenvalue weighted by atomic mass is 9.88. The molecule has 7 heteroatoms. The Balaban J connectivity index is 1.32. The van der Waals surface area contributed by atoms with E-state index in [1.54, 1.807) is 24.5 Å². The van der Waals surface area contributed by atoms with Crippen LogP contribution in [0.4, 0.5) is 4.39 Å². The zero-order valence-electron chi connectivity index (χ0n) is 17.6. The van der Waals surface area contributed by atoms with Crippen LogP contribution in [0.3, 0.4) is 0 Å². The summed E-state index contributed by atoms with van der Waals surface area (Å²) in [7, 11) is 0. The summed E-state index contributed by atoms with van der Waals surface area (Å²) in [6.07, 6.45) is 5.55. The third kappa shape index (κ3) is 4.10. The van der Waals surface area contributed by atoms with E-state index in [4.69, 9.17) is 0 Å². The van der Waals surface area contributed by atoms with E-state index in [1.807, 2.05) is 35.2 Å². The van der Waals surface area contributed by atoms with Crippen molar-refractivity contribution in [3.05, 3.63) is 89.6 Å². The standard InChI is InChI=1S/C25H24FN5O/c26-20-8-6-17(7-9-20)16-21(18-4-2-1-3-5-18)25(32)31-14-10-19(11-15-31)22-23-24(30-29-22)28-13-12-27-23/h1-9,12-13,19,21H,10-11,14-16H2,(H,28,29,30). The van der Waals surface area contributed by atoms with Crippen LogP contribution in [0.2, 0.25) is 0 Å². The molecule has 4 aromatic rings. The van der Waals surface area contributed by atoms with Crippen molar-refractivity contribution < 1.29 is 9.18 Å². The highest BCUT2D eigenvalue weighted by molar-refractivity contribution is 5.84. The second-order valence-electron chi connectivity index (χ2n) is 8.26. The van der Waals surface area contributed by atoms with E-state index in [1.165, 1.54) is 12.1 Å². The van der Waals surface area contributed by atoms with Crippen molar-refractivity contribution in [3.63, 3.8) is 0 Å². The fraction of sp³-hybridized carbons (Fsp3) is 0.280. The van der Waals surface area contributed by atoms with Gasteiger partial charge < -0.3 is 4.90 Å². The number of benzene rings is 2. The van der Waals surface area contributed by atoms with E-state index in [0.29, 0.717) is 25.2 Å². The van der Waals surface area contributed by atoms with Crippen molar-refractivity contribution in [3.8, 4) is 0 Å². The average molecular weight is 429 g/mol. The molecular formula is C25H24FN5O. The molecular weight excluding hydrogens is 405 g/mol. The van der Waals surface area contributed by atoms with Crippen LogP contribution in [-0.2, 0) is 11.2 Å². The molecule has 0 saturated carbocycles. The highest BCUT2D eigenvalue weighted by Crippen LogP contribution is 2.32. The Morgan fingerprint density at radius 2 is 1.75 bits per heavy atom. The Morgan fingerprint density at radius 1 is 1.03 bits per heavy atom. The molecule has 6 nitrogen and oxygen atoms in total. The molecule has 0 spiro atoms. The summed E-state index contributed by atoms with van der Waals surface area (Å²) in [5.74, 6) is -0.173. The molecule has 5 rings (SSSR count). The van der Waals surface area contributed by atoms with Crippen LogP contribution in [0.1, 0.15) is 41.5 Å². The van der Waals surface area contributed by atoms with Gasteiger partial charge in [-0.15, -0.1) is 0 Å². The van der Waals surface area contributed by atoms with Gasteiger partial charge in [0.05, 0.1) is 11.6 Å². The van der Waals surface area contributed by atoms with Crippen molar-refractivity contribution in [1.82, 2.24) is 25.1 Å². The lowest BCUT2D eigenvalue weighted by Crippen LogP contribution is -2.41. The van der Waals surface area contributed by atoms with Gasteiger partial charge in [0.25, 0.3) is 0 Å². The van der Waals surface area contributed by atoms with Gasteiger partial charge in [0, 0.05) is 31.4 Å². The normalized spacial score (nSPS) is 15.7. The number of nitrogens with zero attached hydrogens (tertiary/aromatic N) is 4. The summed E-state index contributed by atoms with van der Waals surface area (Å²) in [5.41, 5.74) is 4.39. The molecule has 0 bridgehead atoms. The van der Waals surface area contributed by atoms with Crippen LogP contribution in [0.25, 0.3) is 11.2 Å². The van der Waals surface area contributed by atoms with Crippen molar-refractivity contribution in [2.24, 2.45) is 0 Å². The molecule has 3 heterocycles. The van der Waals surface area contributed by atoms with Crippen molar-refractivity contribution >= 4 is 17.1 Å². The Labute approximate surface area is 185 Å². The number of carbonyl (C=O) groups is 1. The highest BCUT2D eigenvalue weighted by atomic mass is 19.1. The van der Waals surface area contributed by atoms with Gasteiger partial charge in [-0.2, -0.15) is 5.10 Å². The molecule has 2 aromatic heterocycles. The second-order valence-corrected chi connectivity index (χ2v) is 8.26. The first kappa shape index (κ1) is 20.3. The number of aromatic amines is 1. The van der Waals surface area contributed by atoms with Gasteiger partial charge in [-0.25, -0.2) is 14.4 Å². The quantitative estimate of drug-likeness (QED) is 0.515. The third-order valence-electron chi connectivity index (χ3n) is 6.28. The highest BCUT2D eigenvalue weighted by Gasteiger charge is 2.31. The summed E-state index contributed by atoms with van der Waals surface area (Å²) in [5, 5.41) is 7.37. The molecule has 0 radical (unpaired) electrons. The number of aromatic nitrogens is 4. The minimum Gasteiger partial charge on any atom is -0.342 e. The lowest BCUT2D eigenvalue weighted by Gasteiger charge is -2.34. The molecule has 32 heavy (non-hydrogen) atoms. The van der Waals surface area contributed by atoms with Crippen LogP contribution in [0.15, 0.2) is 67.0 Å². The summed E-state index contributed by atoms with van der Waals surface area (Å²) >= 11 is 0. The molecule has 1 aliphatic rings. The molecule has 1 atom stereocenters. The van der Waals surface area contributed by atoms with Gasteiger partial charge >= 0.3 is 0 Å². The van der Waals surface area contributed by atoms with Gasteiger partial charge in [0.2, 0.25) is 5.91 Å². The molecule has 1 saturated heterocycles. The largest absolute Gasteiger partial charge is 0.342 e. The smallest absolute Gasteiger partial charge is 0.230 e. The average Bonchev–Trinajstić information content (AvgIpc) is 3.28. The second kappa shape index (κ2) is 8.86. The fourth-order valence-electron chi connectivity index (χ4n) is 4.55. The first-order valence-corrected chi connectivity index (χ1v) is 10.9. The number of piperidine rings is 1. The Kier molecular flexibility index (Phi) is 5.62. The van der Waals surface area contributed by atoms with E-state index in [-0.39, 0.29) is 23.6 Å². The van der Waals surface area contributed by atoms with Crippen molar-refractivity contribution in [1.29, 1.82) is 0 Å². The topological polar surface area (TPSA) is 74.8 Å². The summed E-state index contributed by atoms with van der Waals surface area (Å²) < 4.78 is 13.4. The first-order chi connectivity index (χ1) is 15.7. The Morgan fingerprint density at radius 3 is 2.50 bits per heavy atom. The molecule has 1 aliphatic heterocycles. The number of hydrogen-bond donors (Lipinski definition) is 1. The number of fused-ring (bicyclic) bond motifs is 1. The minimum absolute atomic E-state index is 0.119. The molecule has 1 unspecified atom stereocenters. The summed E-state index contributed by atoms with van der Waals surface area (Å²) in [4.78, 5) is 24.2. The number of nitrogens with one attached hydrogen (secondary N) is 1. The zero-order valence-corrected chi connectivity index (χ0v) is 17.6. The van der Waals surface area contributed by atoms with Gasteiger partial charge in [-0.3, -0.25) is 9.89 Å². The lowest BCUT2D eigenvalue weighted by molar-refractivity contribution is -0.133. The van der Waals surface area contributed by atoms with Crippen LogP contribution in [-0.4, -0.2) is 44.1 Å². The van der Waals surface area contributed by atoms with E-state index < -0.39 is 0 Å². The van der Waals surface area contributed by atoms with E-state index in [0.717, 1.165) is 35.2 Å². The summed E-state index contributed by atoms with van der Waals surface area (Å²) in [6, 6.07) is 16.3. The number of halogens is 1. The van der Waals surface area contributed by atoms with Gasteiger partial charge in [-0.1, -0.05) is 42.5 Å². The van der Waals surface area contributed by atoms with Gasteiger partial charge in [0.15, 0.2) is 5.65 Å². The Bertz CT molecular complexity index is 1200. The van der Waals surface area contributed by atoms with Crippen LogP contribution in [0, 0.1) is 5.82 Å². The van der Waals surface area contributed by atoms with Gasteiger partial charge in [0.1, 0.15) is 11.3 Å². The molecule has 1 amide bonds. The number of rotatable bonds is 5. The zero-order chi connectivity index (χ0) is 21.9. The maximum atomic E-state index is 13.6. The SMILES string of the molecule is O=C(C(Cc1ccc(F)cc1)c1ccccc1)N1CCC(c2[nH]nc3nccnc23)CC1. The molecule has 1 N–H and O–H groups in total. The first-order valence-electron chi connectivity index (χ1n) is 10.9. The minimum atomic E-state index is -0.294. The number of amides is 1. The van der Waals surface area contributed by atoms with Crippen molar-refractivity contribution in [2.75, 3.05) is 13.1 Å². The predicted octanol–water partition coefficient (Wildman–Crippen LogP) is 4.22. The van der Waals surface area contributed by atoms with Crippen LogP contribution in [0.5, 0.6) is 0 Å². The molecule has 0 aliphatic carbocycles. The van der Waals surface area contributed by atoms with Gasteiger partial charge in [-0.05, 0) is 42.5 Å². The monoisotopic (exact) mass is 429 g/mol. The number of likely N-dealkylation sites (tertiary alicyclic amines) is 1. The van der Waals surface area contributed by atoms with Crippen LogP contribution >= 0.6 is 0 Å². The number of H-pyrrole nitrogens is 1. The maximum absolute atomic E-state index is 13.6. The summed E-state index contributed by atoms with van der Waals surface area (Å²) in [6.45, 7) is 1.36. The third-order valence-corrected chi connectivity index (χ3v) is 6.28. The molecule has 2 aromatic carbocycles. The van der Waals surface area contributed by atoms with E-state index in [9.17, 15) is 9.18 Å². The maximum Gasteiger partial charge on any atom is 0.230 e. The fourth-order valence-corrected chi connectivity index (χ4v) is 4.55. The number of hydrogen-bond acceptors (Lipinski definition) is 4. The molecule has 162 valence electrons. The number of carbonyl (C=O) groups excluding carboxylic acids is 1. The van der Waals surface area contributed by atoms with E-state index >= 15 is 0 Å². The van der Waals surface area contributed by atoms with Crippen LogP contribution < -0.4 is 0 Å². The molecule has 1 fully saturated rings. The Hall–Kier alpha value is -3.61. The van der Waals surface area contributed by atoms with E-state index in [2.05, 4.69) is 20.2 Å². The predicted molar refractivity (Wildman–Crippen MR) is 120 cm³/mol. The van der Waals surface area contributed by atoms with Crippen molar-refractivity contribution in [2.45, 2.75) is 31.1 Å².